The number of carbonyl (C=O) groups is 1. The molecule has 0 bridgehead atoms. The van der Waals surface area contributed by atoms with Crippen molar-refractivity contribution >= 4 is 17.7 Å². The second-order valence-electron chi connectivity index (χ2n) is 5.28. The highest BCUT2D eigenvalue weighted by atomic mass is 32.2. The lowest BCUT2D eigenvalue weighted by molar-refractivity contribution is -0.121. The van der Waals surface area contributed by atoms with Crippen molar-refractivity contribution in [1.82, 2.24) is 15.5 Å². The second kappa shape index (κ2) is 7.36. The van der Waals surface area contributed by atoms with E-state index in [0.29, 0.717) is 18.4 Å². The Labute approximate surface area is 114 Å². The Bertz CT molecular complexity index is 269. The molecule has 0 aliphatic carbocycles. The smallest absolute Gasteiger partial charge is 0.221 e. The first-order chi connectivity index (χ1) is 8.78. The molecule has 4 nitrogen and oxygen atoms in total. The maximum Gasteiger partial charge on any atom is 0.221 e. The average Bonchev–Trinajstić information content (AvgIpc) is 2.85. The normalized spacial score (nSPS) is 29.4. The predicted octanol–water partition coefficient (Wildman–Crippen LogP) is 0.540. The molecular weight excluding hydrogens is 246 g/mol. The van der Waals surface area contributed by atoms with E-state index in [-0.39, 0.29) is 5.91 Å². The largest absolute Gasteiger partial charge is 0.356 e. The van der Waals surface area contributed by atoms with Crippen molar-refractivity contribution < 1.29 is 4.79 Å². The van der Waals surface area contributed by atoms with Gasteiger partial charge in [0.15, 0.2) is 0 Å². The van der Waals surface area contributed by atoms with Crippen molar-refractivity contribution in [3.63, 3.8) is 0 Å². The standard InChI is InChI=1S/C13H25N3OS/c1-2-16-5-3-11(9-16)8-15-13(17)7-12-10-18-6-4-14-12/h11-12,14H,2-10H2,1H3,(H,15,17). The molecule has 5 heteroatoms. The minimum Gasteiger partial charge on any atom is -0.356 e. The Balaban J connectivity index is 1.59. The van der Waals surface area contributed by atoms with E-state index in [9.17, 15) is 4.79 Å². The van der Waals surface area contributed by atoms with Crippen LogP contribution in [-0.2, 0) is 4.79 Å². The molecule has 2 saturated heterocycles. The number of hydrogen-bond donors (Lipinski definition) is 2. The third-order valence-corrected chi connectivity index (χ3v) is 4.97. The van der Waals surface area contributed by atoms with Crippen molar-refractivity contribution in [3.8, 4) is 0 Å². The SMILES string of the molecule is CCN1CCC(CNC(=O)CC2CSCCN2)C1. The molecule has 0 saturated carbocycles. The number of nitrogens with one attached hydrogen (secondary N) is 2. The zero-order chi connectivity index (χ0) is 12.8. The maximum atomic E-state index is 11.8. The quantitative estimate of drug-likeness (QED) is 0.766. The van der Waals surface area contributed by atoms with E-state index in [1.54, 1.807) is 0 Å². The predicted molar refractivity (Wildman–Crippen MR) is 77.0 cm³/mol. The van der Waals surface area contributed by atoms with Gasteiger partial charge in [0.2, 0.25) is 5.91 Å². The maximum absolute atomic E-state index is 11.8. The van der Waals surface area contributed by atoms with Crippen LogP contribution >= 0.6 is 11.8 Å². The van der Waals surface area contributed by atoms with E-state index in [4.69, 9.17) is 0 Å². The van der Waals surface area contributed by atoms with E-state index < -0.39 is 0 Å². The zero-order valence-corrected chi connectivity index (χ0v) is 12.1. The Morgan fingerprint density at radius 3 is 3.11 bits per heavy atom. The molecule has 2 aliphatic heterocycles. The minimum atomic E-state index is 0.213. The molecule has 2 fully saturated rings. The molecule has 0 radical (unpaired) electrons. The second-order valence-corrected chi connectivity index (χ2v) is 6.43. The van der Waals surface area contributed by atoms with Crippen LogP contribution in [0.1, 0.15) is 19.8 Å². The van der Waals surface area contributed by atoms with Crippen LogP contribution in [0.25, 0.3) is 0 Å². The fourth-order valence-electron chi connectivity index (χ4n) is 2.67. The van der Waals surface area contributed by atoms with Crippen LogP contribution in [-0.4, -0.2) is 61.1 Å². The van der Waals surface area contributed by atoms with Gasteiger partial charge in [-0.3, -0.25) is 4.79 Å². The van der Waals surface area contributed by atoms with Gasteiger partial charge in [-0.1, -0.05) is 6.92 Å². The summed E-state index contributed by atoms with van der Waals surface area (Å²) in [5.74, 6) is 3.11. The lowest BCUT2D eigenvalue weighted by Crippen LogP contribution is -2.42. The highest BCUT2D eigenvalue weighted by Gasteiger charge is 2.22. The molecule has 0 aromatic heterocycles. The van der Waals surface area contributed by atoms with Crippen molar-refractivity contribution in [1.29, 1.82) is 0 Å². The summed E-state index contributed by atoms with van der Waals surface area (Å²) in [6.45, 7) is 7.57. The lowest BCUT2D eigenvalue weighted by Gasteiger charge is -2.22. The molecule has 2 unspecified atom stereocenters. The van der Waals surface area contributed by atoms with Gasteiger partial charge < -0.3 is 15.5 Å². The molecule has 2 heterocycles. The van der Waals surface area contributed by atoms with Gasteiger partial charge in [-0.05, 0) is 25.4 Å². The molecule has 18 heavy (non-hydrogen) atoms. The van der Waals surface area contributed by atoms with Gasteiger partial charge in [0.25, 0.3) is 0 Å². The monoisotopic (exact) mass is 271 g/mol. The summed E-state index contributed by atoms with van der Waals surface area (Å²) in [6, 6.07) is 0.375. The van der Waals surface area contributed by atoms with Gasteiger partial charge in [0, 0.05) is 43.6 Å². The molecule has 0 aromatic rings. The van der Waals surface area contributed by atoms with Gasteiger partial charge in [0.1, 0.15) is 0 Å². The minimum absolute atomic E-state index is 0.213. The van der Waals surface area contributed by atoms with E-state index in [1.165, 1.54) is 18.7 Å². The van der Waals surface area contributed by atoms with E-state index in [1.807, 2.05) is 11.8 Å². The van der Waals surface area contributed by atoms with Crippen molar-refractivity contribution in [2.45, 2.75) is 25.8 Å². The summed E-state index contributed by atoms with van der Waals surface area (Å²) in [5.41, 5.74) is 0. The number of likely N-dealkylation sites (tertiary alicyclic amines) is 1. The first-order valence-corrected chi connectivity index (χ1v) is 8.23. The van der Waals surface area contributed by atoms with Crippen molar-refractivity contribution in [2.75, 3.05) is 44.2 Å². The molecule has 2 atom stereocenters. The third-order valence-electron chi connectivity index (χ3n) is 3.84. The number of carbonyl (C=O) groups excluding carboxylic acids is 1. The summed E-state index contributed by atoms with van der Waals surface area (Å²) in [6.07, 6.45) is 1.86. The molecule has 2 aliphatic rings. The number of rotatable bonds is 5. The Morgan fingerprint density at radius 2 is 2.44 bits per heavy atom. The van der Waals surface area contributed by atoms with E-state index in [0.717, 1.165) is 31.9 Å². The molecular formula is C13H25N3OS. The first kappa shape index (κ1) is 14.2. The fourth-order valence-corrected chi connectivity index (χ4v) is 3.62. The molecule has 104 valence electrons. The summed E-state index contributed by atoms with van der Waals surface area (Å²) in [4.78, 5) is 14.3. The highest BCUT2D eigenvalue weighted by Crippen LogP contribution is 2.15. The number of thioether (sulfide) groups is 1. The third kappa shape index (κ3) is 4.44. The first-order valence-electron chi connectivity index (χ1n) is 7.08. The van der Waals surface area contributed by atoms with Crippen LogP contribution in [0.15, 0.2) is 0 Å². The van der Waals surface area contributed by atoms with Crippen molar-refractivity contribution in [2.24, 2.45) is 5.92 Å². The summed E-state index contributed by atoms with van der Waals surface area (Å²) >= 11 is 1.94. The van der Waals surface area contributed by atoms with Crippen LogP contribution in [0.2, 0.25) is 0 Å². The number of amides is 1. The van der Waals surface area contributed by atoms with Gasteiger partial charge in [-0.2, -0.15) is 11.8 Å². The summed E-state index contributed by atoms with van der Waals surface area (Å²) < 4.78 is 0. The van der Waals surface area contributed by atoms with Gasteiger partial charge >= 0.3 is 0 Å². The molecule has 0 spiro atoms. The molecule has 0 aromatic carbocycles. The molecule has 2 N–H and O–H groups in total. The Hall–Kier alpha value is -0.260. The average molecular weight is 271 g/mol. The zero-order valence-electron chi connectivity index (χ0n) is 11.3. The number of nitrogens with zero attached hydrogens (tertiary/aromatic N) is 1. The van der Waals surface area contributed by atoms with Crippen LogP contribution in [0.4, 0.5) is 0 Å². The van der Waals surface area contributed by atoms with E-state index >= 15 is 0 Å². The highest BCUT2D eigenvalue weighted by molar-refractivity contribution is 7.99. The Kier molecular flexibility index (Phi) is 5.79. The fraction of sp³-hybridized carbons (Fsp3) is 0.923. The van der Waals surface area contributed by atoms with E-state index in [2.05, 4.69) is 22.5 Å². The van der Waals surface area contributed by atoms with Gasteiger partial charge in [-0.25, -0.2) is 0 Å². The van der Waals surface area contributed by atoms with Crippen LogP contribution in [0.3, 0.4) is 0 Å². The molecule has 2 rings (SSSR count). The lowest BCUT2D eigenvalue weighted by atomic mass is 10.1. The van der Waals surface area contributed by atoms with Crippen LogP contribution in [0.5, 0.6) is 0 Å². The van der Waals surface area contributed by atoms with Crippen LogP contribution < -0.4 is 10.6 Å². The summed E-state index contributed by atoms with van der Waals surface area (Å²) in [5, 5.41) is 6.51. The summed E-state index contributed by atoms with van der Waals surface area (Å²) in [7, 11) is 0. The molecule has 1 amide bonds. The Morgan fingerprint density at radius 1 is 1.56 bits per heavy atom. The topological polar surface area (TPSA) is 44.4 Å². The van der Waals surface area contributed by atoms with Crippen LogP contribution in [0, 0.1) is 5.92 Å². The van der Waals surface area contributed by atoms with Gasteiger partial charge in [-0.15, -0.1) is 0 Å². The van der Waals surface area contributed by atoms with Crippen molar-refractivity contribution in [3.05, 3.63) is 0 Å². The number of hydrogen-bond acceptors (Lipinski definition) is 4. The van der Waals surface area contributed by atoms with Gasteiger partial charge in [0.05, 0.1) is 0 Å².